The van der Waals surface area contributed by atoms with E-state index in [9.17, 15) is 15.0 Å². The third kappa shape index (κ3) is 2.55. The molecule has 0 bridgehead atoms. The molecule has 0 fully saturated rings. The molecular formula is C16H14O5. The molecule has 0 amide bonds. The monoisotopic (exact) mass is 286 g/mol. The van der Waals surface area contributed by atoms with Gasteiger partial charge in [-0.05, 0) is 23.3 Å². The van der Waals surface area contributed by atoms with E-state index in [0.29, 0.717) is 22.6 Å². The Balaban J connectivity index is 1.95. The van der Waals surface area contributed by atoms with E-state index in [4.69, 9.17) is 9.47 Å². The molecule has 2 aromatic carbocycles. The van der Waals surface area contributed by atoms with Crippen LogP contribution in [0.1, 0.15) is 23.1 Å². The molecule has 0 saturated heterocycles. The number of fused-ring (bicyclic) bond motifs is 1. The number of aliphatic hydroxyl groups excluding tert-OH is 1. The molecule has 21 heavy (non-hydrogen) atoms. The van der Waals surface area contributed by atoms with Crippen LogP contribution in [0.25, 0.3) is 0 Å². The molecule has 1 heterocycles. The molecule has 2 aromatic rings. The van der Waals surface area contributed by atoms with Gasteiger partial charge in [-0.3, -0.25) is 4.79 Å². The quantitative estimate of drug-likeness (QED) is 0.902. The summed E-state index contributed by atoms with van der Waals surface area (Å²) in [5, 5.41) is 19.9. The zero-order valence-corrected chi connectivity index (χ0v) is 11.1. The van der Waals surface area contributed by atoms with Gasteiger partial charge in [-0.1, -0.05) is 36.4 Å². The van der Waals surface area contributed by atoms with E-state index in [1.54, 1.807) is 48.5 Å². The van der Waals surface area contributed by atoms with Gasteiger partial charge in [0.2, 0.25) is 6.79 Å². The number of aliphatic hydroxyl groups is 1. The predicted molar refractivity (Wildman–Crippen MR) is 74.3 cm³/mol. The Morgan fingerprint density at radius 1 is 1.00 bits per heavy atom. The maximum Gasteiger partial charge on any atom is 0.314 e. The maximum atomic E-state index is 11.5. The van der Waals surface area contributed by atoms with E-state index in [1.165, 1.54) is 0 Å². The lowest BCUT2D eigenvalue weighted by Crippen LogP contribution is -2.20. The van der Waals surface area contributed by atoms with Crippen LogP contribution in [0.3, 0.4) is 0 Å². The molecule has 0 saturated carbocycles. The van der Waals surface area contributed by atoms with Gasteiger partial charge >= 0.3 is 5.97 Å². The minimum absolute atomic E-state index is 0.135. The summed E-state index contributed by atoms with van der Waals surface area (Å²) in [6, 6.07) is 13.6. The SMILES string of the molecule is O=C(O)[C@@H](c1ccccc1)[C@H](O)c1ccc2c(c1)OCO2. The zero-order chi connectivity index (χ0) is 14.8. The molecular weight excluding hydrogens is 272 g/mol. The standard InChI is InChI=1S/C16H14O5/c17-15(11-6-7-12-13(8-11)21-9-20-12)14(16(18)19)10-4-2-1-3-5-10/h1-8,14-15,17H,9H2,(H,18,19)/t14-,15+/m0/s1. The smallest absolute Gasteiger partial charge is 0.314 e. The largest absolute Gasteiger partial charge is 0.481 e. The maximum absolute atomic E-state index is 11.5. The summed E-state index contributed by atoms with van der Waals surface area (Å²) >= 11 is 0. The number of ether oxygens (including phenoxy) is 2. The topological polar surface area (TPSA) is 76.0 Å². The van der Waals surface area contributed by atoms with E-state index >= 15 is 0 Å². The molecule has 5 nitrogen and oxygen atoms in total. The first kappa shape index (κ1) is 13.5. The van der Waals surface area contributed by atoms with Crippen LogP contribution in [0, 0.1) is 0 Å². The molecule has 0 radical (unpaired) electrons. The van der Waals surface area contributed by atoms with Gasteiger partial charge in [-0.2, -0.15) is 0 Å². The summed E-state index contributed by atoms with van der Waals surface area (Å²) in [5.74, 6) is -1.00. The Hall–Kier alpha value is -2.53. The molecule has 3 rings (SSSR count). The van der Waals surface area contributed by atoms with Crippen LogP contribution in [-0.4, -0.2) is 23.0 Å². The number of hydrogen-bond donors (Lipinski definition) is 2. The van der Waals surface area contributed by atoms with Crippen LogP contribution in [0.2, 0.25) is 0 Å². The summed E-state index contributed by atoms with van der Waals surface area (Å²) in [6.07, 6.45) is -1.17. The van der Waals surface area contributed by atoms with Gasteiger partial charge in [0.15, 0.2) is 11.5 Å². The lowest BCUT2D eigenvalue weighted by atomic mass is 9.89. The highest BCUT2D eigenvalue weighted by Crippen LogP contribution is 2.38. The highest BCUT2D eigenvalue weighted by Gasteiger charge is 2.30. The Morgan fingerprint density at radius 2 is 1.71 bits per heavy atom. The predicted octanol–water partition coefficient (Wildman–Crippen LogP) is 2.32. The van der Waals surface area contributed by atoms with E-state index in [-0.39, 0.29) is 6.79 Å². The molecule has 1 aliphatic heterocycles. The number of benzene rings is 2. The molecule has 0 aliphatic carbocycles. The minimum Gasteiger partial charge on any atom is -0.481 e. The van der Waals surface area contributed by atoms with Crippen molar-refractivity contribution in [1.82, 2.24) is 0 Å². The summed E-state index contributed by atoms with van der Waals surface area (Å²) in [4.78, 5) is 11.5. The van der Waals surface area contributed by atoms with Crippen molar-refractivity contribution in [2.24, 2.45) is 0 Å². The van der Waals surface area contributed by atoms with Crippen LogP contribution in [0.4, 0.5) is 0 Å². The van der Waals surface area contributed by atoms with Crippen LogP contribution in [0.15, 0.2) is 48.5 Å². The molecule has 2 atom stereocenters. The fraction of sp³-hybridized carbons (Fsp3) is 0.188. The first-order valence-electron chi connectivity index (χ1n) is 6.52. The second-order valence-corrected chi connectivity index (χ2v) is 4.78. The lowest BCUT2D eigenvalue weighted by molar-refractivity contribution is -0.141. The number of carboxylic acids is 1. The highest BCUT2D eigenvalue weighted by molar-refractivity contribution is 5.77. The van der Waals surface area contributed by atoms with Crippen molar-refractivity contribution in [3.63, 3.8) is 0 Å². The number of hydrogen-bond acceptors (Lipinski definition) is 4. The third-order valence-electron chi connectivity index (χ3n) is 3.48. The molecule has 108 valence electrons. The lowest BCUT2D eigenvalue weighted by Gasteiger charge is -2.20. The average Bonchev–Trinajstić information content (AvgIpc) is 2.95. The van der Waals surface area contributed by atoms with Crippen molar-refractivity contribution in [1.29, 1.82) is 0 Å². The summed E-state index contributed by atoms with van der Waals surface area (Å²) < 4.78 is 10.5. The molecule has 0 unspecified atom stereocenters. The Kier molecular flexibility index (Phi) is 3.50. The second-order valence-electron chi connectivity index (χ2n) is 4.78. The van der Waals surface area contributed by atoms with Crippen molar-refractivity contribution < 1.29 is 24.5 Å². The number of carbonyl (C=O) groups is 1. The summed E-state index contributed by atoms with van der Waals surface area (Å²) in [5.41, 5.74) is 1.03. The summed E-state index contributed by atoms with van der Waals surface area (Å²) in [7, 11) is 0. The Bertz CT molecular complexity index is 653. The summed E-state index contributed by atoms with van der Waals surface area (Å²) in [6.45, 7) is 0.135. The number of rotatable bonds is 4. The highest BCUT2D eigenvalue weighted by atomic mass is 16.7. The fourth-order valence-corrected chi connectivity index (χ4v) is 2.41. The Labute approximate surface area is 121 Å². The molecule has 1 aliphatic rings. The molecule has 5 heteroatoms. The van der Waals surface area contributed by atoms with Gasteiger partial charge in [-0.15, -0.1) is 0 Å². The average molecular weight is 286 g/mol. The van der Waals surface area contributed by atoms with E-state index in [1.807, 2.05) is 0 Å². The third-order valence-corrected chi connectivity index (χ3v) is 3.48. The van der Waals surface area contributed by atoms with Crippen LogP contribution < -0.4 is 9.47 Å². The van der Waals surface area contributed by atoms with Gasteiger partial charge < -0.3 is 19.7 Å². The first-order valence-corrected chi connectivity index (χ1v) is 6.52. The Morgan fingerprint density at radius 3 is 2.43 bits per heavy atom. The van der Waals surface area contributed by atoms with E-state index in [0.717, 1.165) is 0 Å². The van der Waals surface area contributed by atoms with Gasteiger partial charge in [0.25, 0.3) is 0 Å². The van der Waals surface area contributed by atoms with Crippen molar-refractivity contribution >= 4 is 5.97 Å². The van der Waals surface area contributed by atoms with E-state index in [2.05, 4.69) is 0 Å². The van der Waals surface area contributed by atoms with Gasteiger partial charge in [-0.25, -0.2) is 0 Å². The van der Waals surface area contributed by atoms with Crippen LogP contribution >= 0.6 is 0 Å². The van der Waals surface area contributed by atoms with Crippen molar-refractivity contribution in [3.05, 3.63) is 59.7 Å². The second kappa shape index (κ2) is 5.46. The normalized spacial score (nSPS) is 15.5. The van der Waals surface area contributed by atoms with E-state index < -0.39 is 18.0 Å². The first-order chi connectivity index (χ1) is 10.2. The fourth-order valence-electron chi connectivity index (χ4n) is 2.41. The number of aliphatic carboxylic acids is 1. The van der Waals surface area contributed by atoms with Gasteiger partial charge in [0.1, 0.15) is 5.92 Å². The van der Waals surface area contributed by atoms with Gasteiger partial charge in [0, 0.05) is 0 Å². The van der Waals surface area contributed by atoms with Crippen LogP contribution in [0.5, 0.6) is 11.5 Å². The molecule has 0 aromatic heterocycles. The molecule has 0 spiro atoms. The van der Waals surface area contributed by atoms with Crippen molar-refractivity contribution in [3.8, 4) is 11.5 Å². The van der Waals surface area contributed by atoms with Crippen molar-refractivity contribution in [2.75, 3.05) is 6.79 Å². The minimum atomic E-state index is -1.17. The van der Waals surface area contributed by atoms with Crippen LogP contribution in [-0.2, 0) is 4.79 Å². The molecule has 2 N–H and O–H groups in total. The number of carboxylic acid groups (broad SMARTS) is 1. The van der Waals surface area contributed by atoms with Gasteiger partial charge in [0.05, 0.1) is 6.10 Å². The zero-order valence-electron chi connectivity index (χ0n) is 11.1. The van der Waals surface area contributed by atoms with Crippen molar-refractivity contribution in [2.45, 2.75) is 12.0 Å².